The molecule has 0 fully saturated rings. The summed E-state index contributed by atoms with van der Waals surface area (Å²) in [6.07, 6.45) is 0. The van der Waals surface area contributed by atoms with Crippen molar-refractivity contribution < 1.29 is 0 Å². The molecule has 1 heterocycles. The molecule has 1 rings (SSSR count). The average Bonchev–Trinajstić information content (AvgIpc) is 2.12. The molecule has 1 aromatic heterocycles. The van der Waals surface area contributed by atoms with Crippen molar-refractivity contribution in [1.29, 1.82) is 0 Å². The minimum atomic E-state index is 0.545. The van der Waals surface area contributed by atoms with Crippen molar-refractivity contribution in [1.82, 2.24) is 19.8 Å². The summed E-state index contributed by atoms with van der Waals surface area (Å²) in [5, 5.41) is 0. The van der Waals surface area contributed by atoms with E-state index in [4.69, 9.17) is 5.73 Å². The number of aromatic nitrogens is 2. The number of hydrogen-bond acceptors (Lipinski definition) is 5. The van der Waals surface area contributed by atoms with E-state index in [0.717, 1.165) is 31.2 Å². The average molecular weight is 223 g/mol. The molecule has 5 nitrogen and oxygen atoms in total. The number of anilines is 1. The first-order valence-electron chi connectivity index (χ1n) is 5.40. The maximum atomic E-state index is 5.68. The Hall–Kier alpha value is -1.20. The normalized spacial score (nSPS) is 11.4. The highest BCUT2D eigenvalue weighted by Crippen LogP contribution is 2.03. The van der Waals surface area contributed by atoms with E-state index in [9.17, 15) is 0 Å². The van der Waals surface area contributed by atoms with Crippen molar-refractivity contribution in [3.8, 4) is 0 Å². The van der Waals surface area contributed by atoms with Crippen LogP contribution in [0, 0.1) is 6.92 Å². The summed E-state index contributed by atoms with van der Waals surface area (Å²) in [6, 6.07) is 1.78. The number of aryl methyl sites for hydroxylation is 1. The van der Waals surface area contributed by atoms with Crippen LogP contribution in [-0.4, -0.2) is 54.0 Å². The van der Waals surface area contributed by atoms with Crippen LogP contribution in [-0.2, 0) is 6.54 Å². The SMILES string of the molecule is Cc1cc(N)nc(CN(C)CCN(C)C)n1. The molecule has 16 heavy (non-hydrogen) atoms. The van der Waals surface area contributed by atoms with Gasteiger partial charge >= 0.3 is 0 Å². The minimum absolute atomic E-state index is 0.545. The summed E-state index contributed by atoms with van der Waals surface area (Å²) in [4.78, 5) is 12.9. The predicted molar refractivity (Wildman–Crippen MR) is 66.1 cm³/mol. The first-order valence-corrected chi connectivity index (χ1v) is 5.40. The Balaban J connectivity index is 2.52. The summed E-state index contributed by atoms with van der Waals surface area (Å²) >= 11 is 0. The molecule has 5 heteroatoms. The van der Waals surface area contributed by atoms with Gasteiger partial charge in [0.2, 0.25) is 0 Å². The Bertz CT molecular complexity index is 317. The zero-order valence-corrected chi connectivity index (χ0v) is 10.6. The van der Waals surface area contributed by atoms with Gasteiger partial charge < -0.3 is 10.6 Å². The van der Waals surface area contributed by atoms with E-state index in [2.05, 4.69) is 40.9 Å². The van der Waals surface area contributed by atoms with Crippen LogP contribution in [0.25, 0.3) is 0 Å². The molecule has 0 saturated carbocycles. The smallest absolute Gasteiger partial charge is 0.144 e. The third kappa shape index (κ3) is 4.55. The fourth-order valence-corrected chi connectivity index (χ4v) is 1.42. The second-order valence-corrected chi connectivity index (χ2v) is 4.39. The number of nitrogens with two attached hydrogens (primary N) is 1. The van der Waals surface area contributed by atoms with E-state index < -0.39 is 0 Å². The van der Waals surface area contributed by atoms with Gasteiger partial charge in [-0.3, -0.25) is 4.90 Å². The first-order chi connectivity index (χ1) is 7.47. The van der Waals surface area contributed by atoms with Crippen LogP contribution in [0.15, 0.2) is 6.07 Å². The quantitative estimate of drug-likeness (QED) is 0.781. The first kappa shape index (κ1) is 12.9. The highest BCUT2D eigenvalue weighted by molar-refractivity contribution is 5.29. The zero-order chi connectivity index (χ0) is 12.1. The van der Waals surface area contributed by atoms with Crippen molar-refractivity contribution in [2.45, 2.75) is 13.5 Å². The van der Waals surface area contributed by atoms with Crippen LogP contribution in [0.4, 0.5) is 5.82 Å². The standard InChI is InChI=1S/C11H21N5/c1-9-7-10(12)14-11(13-9)8-16(4)6-5-15(2)3/h7H,5-6,8H2,1-4H3,(H2,12,13,14). The van der Waals surface area contributed by atoms with Crippen molar-refractivity contribution in [3.63, 3.8) is 0 Å². The Kier molecular flexibility index (Phi) is 4.64. The van der Waals surface area contributed by atoms with Gasteiger partial charge in [0.25, 0.3) is 0 Å². The summed E-state index contributed by atoms with van der Waals surface area (Å²) in [5.74, 6) is 1.34. The van der Waals surface area contributed by atoms with E-state index in [1.807, 2.05) is 6.92 Å². The van der Waals surface area contributed by atoms with Crippen LogP contribution in [0.5, 0.6) is 0 Å². The lowest BCUT2D eigenvalue weighted by Gasteiger charge is -2.18. The summed E-state index contributed by atoms with van der Waals surface area (Å²) in [7, 11) is 6.19. The van der Waals surface area contributed by atoms with Crippen LogP contribution in [0.3, 0.4) is 0 Å². The number of nitrogens with zero attached hydrogens (tertiary/aromatic N) is 4. The fourth-order valence-electron chi connectivity index (χ4n) is 1.42. The lowest BCUT2D eigenvalue weighted by Crippen LogP contribution is -2.29. The van der Waals surface area contributed by atoms with Gasteiger partial charge in [0, 0.05) is 24.8 Å². The van der Waals surface area contributed by atoms with E-state index in [1.54, 1.807) is 6.07 Å². The molecule has 0 saturated heterocycles. The fraction of sp³-hybridized carbons (Fsp3) is 0.636. The molecule has 0 bridgehead atoms. The molecule has 0 aromatic carbocycles. The zero-order valence-electron chi connectivity index (χ0n) is 10.6. The van der Waals surface area contributed by atoms with Gasteiger partial charge in [-0.15, -0.1) is 0 Å². The lowest BCUT2D eigenvalue weighted by molar-refractivity contribution is 0.271. The van der Waals surface area contributed by atoms with Gasteiger partial charge in [-0.25, -0.2) is 9.97 Å². The molecule has 2 N–H and O–H groups in total. The van der Waals surface area contributed by atoms with Crippen LogP contribution in [0.2, 0.25) is 0 Å². The van der Waals surface area contributed by atoms with Gasteiger partial charge in [-0.05, 0) is 28.1 Å². The molecule has 0 aliphatic rings. The summed E-state index contributed by atoms with van der Waals surface area (Å²) in [5.41, 5.74) is 6.60. The van der Waals surface area contributed by atoms with Crippen LogP contribution in [0.1, 0.15) is 11.5 Å². The van der Waals surface area contributed by atoms with Crippen molar-refractivity contribution in [2.75, 3.05) is 40.0 Å². The number of likely N-dealkylation sites (N-methyl/N-ethyl adjacent to an activating group) is 2. The largest absolute Gasteiger partial charge is 0.384 e. The van der Waals surface area contributed by atoms with Gasteiger partial charge in [0.05, 0.1) is 6.54 Å². The topological polar surface area (TPSA) is 58.3 Å². The second kappa shape index (κ2) is 5.77. The number of hydrogen-bond donors (Lipinski definition) is 1. The van der Waals surface area contributed by atoms with Crippen LogP contribution >= 0.6 is 0 Å². The van der Waals surface area contributed by atoms with Crippen molar-refractivity contribution >= 4 is 5.82 Å². The molecule has 0 amide bonds. The van der Waals surface area contributed by atoms with Crippen molar-refractivity contribution in [3.05, 3.63) is 17.6 Å². The number of nitrogen functional groups attached to an aromatic ring is 1. The third-order valence-corrected chi connectivity index (χ3v) is 2.26. The summed E-state index contributed by atoms with van der Waals surface area (Å²) < 4.78 is 0. The Labute approximate surface area is 97.3 Å². The van der Waals surface area contributed by atoms with E-state index in [-0.39, 0.29) is 0 Å². The molecule has 1 aromatic rings. The molecule has 0 unspecified atom stereocenters. The monoisotopic (exact) mass is 223 g/mol. The van der Waals surface area contributed by atoms with Crippen molar-refractivity contribution in [2.24, 2.45) is 0 Å². The highest BCUT2D eigenvalue weighted by atomic mass is 15.2. The maximum Gasteiger partial charge on any atom is 0.144 e. The van der Waals surface area contributed by atoms with E-state index >= 15 is 0 Å². The van der Waals surface area contributed by atoms with Crippen LogP contribution < -0.4 is 5.73 Å². The Morgan fingerprint density at radius 1 is 1.19 bits per heavy atom. The van der Waals surface area contributed by atoms with E-state index in [0.29, 0.717) is 5.82 Å². The second-order valence-electron chi connectivity index (χ2n) is 4.39. The summed E-state index contributed by atoms with van der Waals surface area (Å²) in [6.45, 7) is 4.68. The van der Waals surface area contributed by atoms with Gasteiger partial charge in [-0.2, -0.15) is 0 Å². The highest BCUT2D eigenvalue weighted by Gasteiger charge is 2.04. The molecule has 0 aliphatic carbocycles. The molecule has 0 radical (unpaired) electrons. The molecule has 90 valence electrons. The maximum absolute atomic E-state index is 5.68. The van der Waals surface area contributed by atoms with Gasteiger partial charge in [0.15, 0.2) is 0 Å². The van der Waals surface area contributed by atoms with Gasteiger partial charge in [0.1, 0.15) is 11.6 Å². The Morgan fingerprint density at radius 3 is 2.44 bits per heavy atom. The van der Waals surface area contributed by atoms with E-state index in [1.165, 1.54) is 0 Å². The molecular formula is C11H21N5. The predicted octanol–water partition coefficient (Wildman–Crippen LogP) is 0.361. The molecular weight excluding hydrogens is 202 g/mol. The molecule has 0 spiro atoms. The van der Waals surface area contributed by atoms with Gasteiger partial charge in [-0.1, -0.05) is 0 Å². The lowest BCUT2D eigenvalue weighted by atomic mass is 10.4. The number of rotatable bonds is 5. The molecule has 0 aliphatic heterocycles. The molecule has 0 atom stereocenters. The third-order valence-electron chi connectivity index (χ3n) is 2.26. The Morgan fingerprint density at radius 2 is 1.88 bits per heavy atom. The minimum Gasteiger partial charge on any atom is -0.384 e.